The van der Waals surface area contributed by atoms with Gasteiger partial charge in [0.15, 0.2) is 0 Å². The van der Waals surface area contributed by atoms with Gasteiger partial charge in [-0.15, -0.1) is 0 Å². The Morgan fingerprint density at radius 1 is 1.28 bits per heavy atom. The molecule has 98 valence electrons. The highest BCUT2D eigenvalue weighted by Gasteiger charge is 2.68. The van der Waals surface area contributed by atoms with Crippen molar-refractivity contribution in [3.63, 3.8) is 0 Å². The highest BCUT2D eigenvalue weighted by molar-refractivity contribution is 6.29. The summed E-state index contributed by atoms with van der Waals surface area (Å²) in [6.07, 6.45) is 0. The molecule has 0 aromatic carbocycles. The van der Waals surface area contributed by atoms with Crippen LogP contribution in [0.2, 0.25) is 5.15 Å². The van der Waals surface area contributed by atoms with Crippen molar-refractivity contribution >= 4 is 23.2 Å². The number of pyridine rings is 1. The van der Waals surface area contributed by atoms with Crippen LogP contribution in [0, 0.1) is 23.7 Å². The number of aromatic nitrogens is 1. The van der Waals surface area contributed by atoms with Crippen molar-refractivity contribution < 1.29 is 4.79 Å². The Labute approximate surface area is 113 Å². The fourth-order valence-electron chi connectivity index (χ4n) is 2.72. The van der Waals surface area contributed by atoms with E-state index in [-0.39, 0.29) is 22.7 Å². The molecule has 1 aromatic heterocycles. The van der Waals surface area contributed by atoms with Crippen molar-refractivity contribution in [1.29, 1.82) is 0 Å². The number of rotatable bonds is 2. The maximum Gasteiger partial charge on any atom is 0.228 e. The maximum atomic E-state index is 12.3. The summed E-state index contributed by atoms with van der Waals surface area (Å²) < 4.78 is 0. The van der Waals surface area contributed by atoms with E-state index in [4.69, 9.17) is 11.6 Å². The average Bonchev–Trinajstić information content (AvgIpc) is 2.62. The van der Waals surface area contributed by atoms with Crippen molar-refractivity contribution in [3.05, 3.63) is 23.0 Å². The molecule has 1 saturated carbocycles. The number of aryl methyl sites for hydroxylation is 1. The van der Waals surface area contributed by atoms with Gasteiger partial charge in [-0.05, 0) is 29.9 Å². The van der Waals surface area contributed by atoms with Gasteiger partial charge in [-0.2, -0.15) is 0 Å². The van der Waals surface area contributed by atoms with Crippen LogP contribution in [0.5, 0.6) is 0 Å². The molecule has 0 saturated heterocycles. The predicted molar refractivity (Wildman–Crippen MR) is 73.7 cm³/mol. The SMILES string of the molecule is Cc1nc(Cl)ccc1NC(=O)C1C(C)(C)C1(C)C. The average molecular weight is 267 g/mol. The summed E-state index contributed by atoms with van der Waals surface area (Å²) in [5.74, 6) is 0.109. The van der Waals surface area contributed by atoms with E-state index < -0.39 is 0 Å². The second-order valence-corrected chi connectivity index (χ2v) is 6.52. The molecule has 0 bridgehead atoms. The van der Waals surface area contributed by atoms with Crippen molar-refractivity contribution in [2.75, 3.05) is 5.32 Å². The molecule has 0 radical (unpaired) electrons. The first kappa shape index (κ1) is 13.3. The standard InChI is InChI=1S/C14H19ClN2O/c1-8-9(6-7-10(15)16-8)17-12(18)11-13(2,3)14(11,4)5/h6-7,11H,1-5H3,(H,17,18). The van der Waals surface area contributed by atoms with E-state index in [2.05, 4.69) is 38.0 Å². The topological polar surface area (TPSA) is 42.0 Å². The van der Waals surface area contributed by atoms with Crippen LogP contribution in [0.15, 0.2) is 12.1 Å². The molecular weight excluding hydrogens is 248 g/mol. The van der Waals surface area contributed by atoms with Gasteiger partial charge in [-0.25, -0.2) is 4.98 Å². The van der Waals surface area contributed by atoms with Crippen LogP contribution in [-0.4, -0.2) is 10.9 Å². The van der Waals surface area contributed by atoms with Gasteiger partial charge in [0.1, 0.15) is 5.15 Å². The molecule has 1 aliphatic carbocycles. The second kappa shape index (κ2) is 3.95. The third kappa shape index (κ3) is 1.91. The van der Waals surface area contributed by atoms with Gasteiger partial charge in [-0.3, -0.25) is 4.79 Å². The minimum absolute atomic E-state index is 0.0417. The number of hydrogen-bond donors (Lipinski definition) is 1. The largest absolute Gasteiger partial charge is 0.324 e. The monoisotopic (exact) mass is 266 g/mol. The number of hydrogen-bond acceptors (Lipinski definition) is 2. The van der Waals surface area contributed by atoms with E-state index in [9.17, 15) is 4.79 Å². The second-order valence-electron chi connectivity index (χ2n) is 6.13. The van der Waals surface area contributed by atoms with Crippen molar-refractivity contribution in [2.24, 2.45) is 16.7 Å². The van der Waals surface area contributed by atoms with Gasteiger partial charge in [0.25, 0.3) is 0 Å². The van der Waals surface area contributed by atoms with E-state index in [1.807, 2.05) is 6.92 Å². The molecule has 1 heterocycles. The van der Waals surface area contributed by atoms with Crippen molar-refractivity contribution in [2.45, 2.75) is 34.6 Å². The van der Waals surface area contributed by atoms with Crippen LogP contribution in [0.3, 0.4) is 0 Å². The van der Waals surface area contributed by atoms with Gasteiger partial charge in [-0.1, -0.05) is 39.3 Å². The molecule has 0 atom stereocenters. The number of carbonyl (C=O) groups is 1. The fraction of sp³-hybridized carbons (Fsp3) is 0.571. The summed E-state index contributed by atoms with van der Waals surface area (Å²) in [7, 11) is 0. The molecule has 1 aromatic rings. The molecular formula is C14H19ClN2O. The zero-order valence-electron chi connectivity index (χ0n) is 11.5. The van der Waals surface area contributed by atoms with E-state index in [1.165, 1.54) is 0 Å². The van der Waals surface area contributed by atoms with Gasteiger partial charge in [0, 0.05) is 5.92 Å². The third-order valence-electron chi connectivity index (χ3n) is 4.59. The Bertz CT molecular complexity index is 495. The van der Waals surface area contributed by atoms with Crippen LogP contribution in [0.4, 0.5) is 5.69 Å². The predicted octanol–water partition coefficient (Wildman–Crippen LogP) is 3.66. The fourth-order valence-corrected chi connectivity index (χ4v) is 2.91. The summed E-state index contributed by atoms with van der Waals surface area (Å²) in [5.41, 5.74) is 1.57. The first-order chi connectivity index (χ1) is 8.18. The van der Waals surface area contributed by atoms with E-state index in [0.29, 0.717) is 5.15 Å². The summed E-state index contributed by atoms with van der Waals surface area (Å²) in [6.45, 7) is 10.4. The van der Waals surface area contributed by atoms with Gasteiger partial charge in [0.05, 0.1) is 11.4 Å². The zero-order chi connectivity index (χ0) is 13.7. The Morgan fingerprint density at radius 3 is 2.28 bits per heavy atom. The number of anilines is 1. The zero-order valence-corrected chi connectivity index (χ0v) is 12.2. The van der Waals surface area contributed by atoms with E-state index >= 15 is 0 Å². The minimum atomic E-state index is 0.0417. The summed E-state index contributed by atoms with van der Waals surface area (Å²) in [4.78, 5) is 16.4. The van der Waals surface area contributed by atoms with E-state index in [1.54, 1.807) is 12.1 Å². The number of carbonyl (C=O) groups excluding carboxylic acids is 1. The minimum Gasteiger partial charge on any atom is -0.324 e. The van der Waals surface area contributed by atoms with Crippen LogP contribution < -0.4 is 5.32 Å². The molecule has 4 heteroatoms. The highest BCUT2D eigenvalue weighted by atomic mass is 35.5. The number of nitrogens with one attached hydrogen (secondary N) is 1. The smallest absolute Gasteiger partial charge is 0.228 e. The first-order valence-electron chi connectivity index (χ1n) is 6.12. The molecule has 2 rings (SSSR count). The van der Waals surface area contributed by atoms with Crippen molar-refractivity contribution in [1.82, 2.24) is 4.98 Å². The van der Waals surface area contributed by atoms with Crippen LogP contribution in [0.25, 0.3) is 0 Å². The summed E-state index contributed by atoms with van der Waals surface area (Å²) in [6, 6.07) is 3.48. The normalized spacial score (nSPS) is 20.6. The van der Waals surface area contributed by atoms with Gasteiger partial charge < -0.3 is 5.32 Å². The number of halogens is 1. The Kier molecular flexibility index (Phi) is 2.93. The van der Waals surface area contributed by atoms with E-state index in [0.717, 1.165) is 11.4 Å². The molecule has 0 aliphatic heterocycles. The molecule has 0 spiro atoms. The van der Waals surface area contributed by atoms with Gasteiger partial charge >= 0.3 is 0 Å². The molecule has 18 heavy (non-hydrogen) atoms. The Hall–Kier alpha value is -1.09. The molecule has 1 N–H and O–H groups in total. The quantitative estimate of drug-likeness (QED) is 0.830. The third-order valence-corrected chi connectivity index (χ3v) is 4.80. The molecule has 1 fully saturated rings. The molecule has 1 amide bonds. The lowest BCUT2D eigenvalue weighted by molar-refractivity contribution is -0.118. The molecule has 1 aliphatic rings. The lowest BCUT2D eigenvalue weighted by Gasteiger charge is -2.08. The molecule has 0 unspecified atom stereocenters. The Morgan fingerprint density at radius 2 is 1.83 bits per heavy atom. The molecule has 3 nitrogen and oxygen atoms in total. The van der Waals surface area contributed by atoms with Crippen molar-refractivity contribution in [3.8, 4) is 0 Å². The number of nitrogens with zero attached hydrogens (tertiary/aromatic N) is 1. The maximum absolute atomic E-state index is 12.3. The van der Waals surface area contributed by atoms with Crippen LogP contribution in [-0.2, 0) is 4.79 Å². The Balaban J connectivity index is 2.14. The van der Waals surface area contributed by atoms with Crippen LogP contribution >= 0.6 is 11.6 Å². The van der Waals surface area contributed by atoms with Gasteiger partial charge in [0.2, 0.25) is 5.91 Å². The number of amides is 1. The summed E-state index contributed by atoms with van der Waals surface area (Å²) in [5, 5.41) is 3.39. The van der Waals surface area contributed by atoms with Crippen LogP contribution in [0.1, 0.15) is 33.4 Å². The lowest BCUT2D eigenvalue weighted by Crippen LogP contribution is -2.18. The highest BCUT2D eigenvalue weighted by Crippen LogP contribution is 2.68. The first-order valence-corrected chi connectivity index (χ1v) is 6.49. The summed E-state index contributed by atoms with van der Waals surface area (Å²) >= 11 is 5.80. The lowest BCUT2D eigenvalue weighted by atomic mass is 10.0.